The van der Waals surface area contributed by atoms with Crippen LogP contribution in [0.15, 0.2) is 24.3 Å². The standard InChI is InChI=1S/C17H23N3O4.ClH/c1-3-24-17(23)11(2)19-15(21)12-6-8-13(9-7-12)20-16(22)14-5-4-10-18-14;/h6-9,11,14,18H,3-5,10H2,1-2H3,(H,19,21)(H,20,22);1H. The first kappa shape index (κ1) is 20.9. The summed E-state index contributed by atoms with van der Waals surface area (Å²) in [5.41, 5.74) is 1.03. The van der Waals surface area contributed by atoms with Gasteiger partial charge < -0.3 is 20.7 Å². The maximum Gasteiger partial charge on any atom is 0.328 e. The van der Waals surface area contributed by atoms with Crippen molar-refractivity contribution in [2.24, 2.45) is 0 Å². The number of hydrogen-bond donors (Lipinski definition) is 3. The van der Waals surface area contributed by atoms with Crippen molar-refractivity contribution in [1.82, 2.24) is 10.6 Å². The molecule has 0 aromatic heterocycles. The molecule has 0 bridgehead atoms. The average Bonchev–Trinajstić information content (AvgIpc) is 3.10. The number of benzene rings is 1. The molecule has 1 aliphatic rings. The van der Waals surface area contributed by atoms with Gasteiger partial charge in [-0.25, -0.2) is 4.79 Å². The Morgan fingerprint density at radius 2 is 1.96 bits per heavy atom. The van der Waals surface area contributed by atoms with Crippen molar-refractivity contribution in [2.75, 3.05) is 18.5 Å². The largest absolute Gasteiger partial charge is 0.464 e. The van der Waals surface area contributed by atoms with Crippen molar-refractivity contribution < 1.29 is 19.1 Å². The van der Waals surface area contributed by atoms with Crippen LogP contribution in [-0.4, -0.2) is 43.0 Å². The molecule has 1 aromatic rings. The normalized spacial score (nSPS) is 17.1. The highest BCUT2D eigenvalue weighted by Crippen LogP contribution is 2.12. The van der Waals surface area contributed by atoms with E-state index < -0.39 is 12.0 Å². The maximum absolute atomic E-state index is 12.1. The van der Waals surface area contributed by atoms with Gasteiger partial charge in [0.2, 0.25) is 5.91 Å². The molecule has 0 saturated carbocycles. The molecule has 1 aromatic carbocycles. The minimum absolute atomic E-state index is 0. The first-order valence-corrected chi connectivity index (χ1v) is 8.13. The van der Waals surface area contributed by atoms with Gasteiger partial charge in [0.05, 0.1) is 12.6 Å². The molecular weight excluding hydrogens is 346 g/mol. The first-order valence-electron chi connectivity index (χ1n) is 8.13. The number of carbonyl (C=O) groups excluding carboxylic acids is 3. The van der Waals surface area contributed by atoms with Crippen molar-refractivity contribution >= 4 is 35.9 Å². The van der Waals surface area contributed by atoms with E-state index in [1.807, 2.05) is 0 Å². The van der Waals surface area contributed by atoms with Crippen LogP contribution in [0.25, 0.3) is 0 Å². The number of ether oxygens (including phenoxy) is 1. The van der Waals surface area contributed by atoms with E-state index in [0.717, 1.165) is 19.4 Å². The minimum atomic E-state index is -0.717. The number of nitrogens with one attached hydrogen (secondary N) is 3. The second-order valence-corrected chi connectivity index (χ2v) is 5.66. The Hall–Kier alpha value is -2.12. The zero-order valence-corrected chi connectivity index (χ0v) is 15.2. The molecule has 138 valence electrons. The van der Waals surface area contributed by atoms with Crippen LogP contribution in [0, 0.1) is 0 Å². The van der Waals surface area contributed by atoms with Crippen LogP contribution in [0.2, 0.25) is 0 Å². The summed E-state index contributed by atoms with van der Waals surface area (Å²) in [6.45, 7) is 4.40. The molecule has 0 aliphatic carbocycles. The lowest BCUT2D eigenvalue weighted by molar-refractivity contribution is -0.144. The van der Waals surface area contributed by atoms with Crippen LogP contribution in [0.5, 0.6) is 0 Å². The van der Waals surface area contributed by atoms with Gasteiger partial charge in [-0.3, -0.25) is 9.59 Å². The number of amides is 2. The van der Waals surface area contributed by atoms with Crippen LogP contribution in [0.3, 0.4) is 0 Å². The predicted octanol–water partition coefficient (Wildman–Crippen LogP) is 1.48. The summed E-state index contributed by atoms with van der Waals surface area (Å²) in [6.07, 6.45) is 1.83. The minimum Gasteiger partial charge on any atom is -0.464 e. The number of carbonyl (C=O) groups is 3. The van der Waals surface area contributed by atoms with Gasteiger partial charge in [-0.2, -0.15) is 0 Å². The zero-order chi connectivity index (χ0) is 17.5. The molecule has 1 fully saturated rings. The van der Waals surface area contributed by atoms with Crippen LogP contribution >= 0.6 is 12.4 Å². The fourth-order valence-electron chi connectivity index (χ4n) is 2.45. The molecule has 25 heavy (non-hydrogen) atoms. The lowest BCUT2D eigenvalue weighted by Crippen LogP contribution is -2.39. The molecule has 1 saturated heterocycles. The van der Waals surface area contributed by atoms with Crippen molar-refractivity contribution in [3.05, 3.63) is 29.8 Å². The number of anilines is 1. The number of esters is 1. The van der Waals surface area contributed by atoms with E-state index in [0.29, 0.717) is 11.3 Å². The van der Waals surface area contributed by atoms with E-state index in [1.165, 1.54) is 0 Å². The maximum atomic E-state index is 12.1. The molecule has 1 heterocycles. The highest BCUT2D eigenvalue weighted by Gasteiger charge is 2.22. The van der Waals surface area contributed by atoms with Crippen molar-refractivity contribution in [3.8, 4) is 0 Å². The topological polar surface area (TPSA) is 96.5 Å². The lowest BCUT2D eigenvalue weighted by atomic mass is 10.1. The summed E-state index contributed by atoms with van der Waals surface area (Å²) in [5, 5.41) is 8.52. The third-order valence-electron chi connectivity index (χ3n) is 3.78. The summed E-state index contributed by atoms with van der Waals surface area (Å²) in [7, 11) is 0. The molecule has 2 atom stereocenters. The fraction of sp³-hybridized carbons (Fsp3) is 0.471. The Labute approximate surface area is 153 Å². The summed E-state index contributed by atoms with van der Waals surface area (Å²) in [5.74, 6) is -0.912. The molecule has 3 N–H and O–H groups in total. The first-order chi connectivity index (χ1) is 11.5. The highest BCUT2D eigenvalue weighted by molar-refractivity contribution is 5.98. The number of halogens is 1. The second kappa shape index (κ2) is 10.0. The third-order valence-corrected chi connectivity index (χ3v) is 3.78. The zero-order valence-electron chi connectivity index (χ0n) is 14.3. The number of rotatable bonds is 6. The Morgan fingerprint density at radius 3 is 2.52 bits per heavy atom. The van der Waals surface area contributed by atoms with E-state index in [-0.39, 0.29) is 36.9 Å². The van der Waals surface area contributed by atoms with Gasteiger partial charge in [-0.05, 0) is 57.5 Å². The molecular formula is C17H24ClN3O4. The quantitative estimate of drug-likeness (QED) is 0.660. The SMILES string of the molecule is CCOC(=O)C(C)NC(=O)c1ccc(NC(=O)C2CCCN2)cc1.Cl. The van der Waals surface area contributed by atoms with Crippen molar-refractivity contribution in [1.29, 1.82) is 0 Å². The smallest absolute Gasteiger partial charge is 0.328 e. The van der Waals surface area contributed by atoms with Crippen LogP contribution < -0.4 is 16.0 Å². The van der Waals surface area contributed by atoms with E-state index in [1.54, 1.807) is 38.1 Å². The molecule has 2 rings (SSSR count). The fourth-order valence-corrected chi connectivity index (χ4v) is 2.45. The Balaban J connectivity index is 0.00000312. The van der Waals surface area contributed by atoms with Gasteiger partial charge in [0.15, 0.2) is 0 Å². The van der Waals surface area contributed by atoms with Gasteiger partial charge in [0.1, 0.15) is 6.04 Å². The monoisotopic (exact) mass is 369 g/mol. The van der Waals surface area contributed by atoms with E-state index in [2.05, 4.69) is 16.0 Å². The third kappa shape index (κ3) is 6.03. The summed E-state index contributed by atoms with van der Waals surface area (Å²) in [6, 6.07) is 5.66. The molecule has 8 heteroatoms. The highest BCUT2D eigenvalue weighted by atomic mass is 35.5. The van der Waals surface area contributed by atoms with Gasteiger partial charge in [-0.1, -0.05) is 0 Å². The summed E-state index contributed by atoms with van der Waals surface area (Å²) < 4.78 is 4.84. The van der Waals surface area contributed by atoms with Gasteiger partial charge >= 0.3 is 5.97 Å². The second-order valence-electron chi connectivity index (χ2n) is 5.66. The van der Waals surface area contributed by atoms with Gasteiger partial charge in [0, 0.05) is 11.3 Å². The molecule has 0 radical (unpaired) electrons. The van der Waals surface area contributed by atoms with Crippen molar-refractivity contribution in [3.63, 3.8) is 0 Å². The Morgan fingerprint density at radius 1 is 1.28 bits per heavy atom. The van der Waals surface area contributed by atoms with Gasteiger partial charge in [-0.15, -0.1) is 12.4 Å². The lowest BCUT2D eigenvalue weighted by Gasteiger charge is -2.13. The van der Waals surface area contributed by atoms with Crippen LogP contribution in [0.4, 0.5) is 5.69 Å². The molecule has 0 spiro atoms. The van der Waals surface area contributed by atoms with E-state index in [9.17, 15) is 14.4 Å². The Bertz CT molecular complexity index is 600. The molecule has 2 amide bonds. The molecule has 2 unspecified atom stereocenters. The summed E-state index contributed by atoms with van der Waals surface area (Å²) >= 11 is 0. The van der Waals surface area contributed by atoms with Crippen molar-refractivity contribution in [2.45, 2.75) is 38.8 Å². The predicted molar refractivity (Wildman–Crippen MR) is 96.9 cm³/mol. The van der Waals surface area contributed by atoms with E-state index in [4.69, 9.17) is 4.74 Å². The number of hydrogen-bond acceptors (Lipinski definition) is 5. The van der Waals surface area contributed by atoms with Crippen LogP contribution in [0.1, 0.15) is 37.0 Å². The summed E-state index contributed by atoms with van der Waals surface area (Å²) in [4.78, 5) is 35.6. The van der Waals surface area contributed by atoms with Crippen LogP contribution in [-0.2, 0) is 14.3 Å². The Kier molecular flexibility index (Phi) is 8.37. The molecule has 1 aliphatic heterocycles. The van der Waals surface area contributed by atoms with E-state index >= 15 is 0 Å². The average molecular weight is 370 g/mol. The van der Waals surface area contributed by atoms with Gasteiger partial charge in [0.25, 0.3) is 5.91 Å². The molecule has 7 nitrogen and oxygen atoms in total.